The van der Waals surface area contributed by atoms with Crippen molar-refractivity contribution in [1.82, 2.24) is 4.57 Å². The lowest BCUT2D eigenvalue weighted by atomic mass is 10.1. The Hall–Kier alpha value is -2.62. The van der Waals surface area contributed by atoms with Gasteiger partial charge in [0, 0.05) is 5.56 Å². The molecule has 0 fully saturated rings. The topological polar surface area (TPSA) is 51.9 Å². The molecule has 22 heavy (non-hydrogen) atoms. The number of fused-ring (bicyclic) bond motifs is 1. The van der Waals surface area contributed by atoms with E-state index in [4.69, 9.17) is 5.73 Å². The minimum absolute atomic E-state index is 0.0664. The monoisotopic (exact) mass is 294 g/mol. The van der Waals surface area contributed by atoms with Crippen LogP contribution in [0.3, 0.4) is 0 Å². The fourth-order valence-electron chi connectivity index (χ4n) is 2.80. The van der Waals surface area contributed by atoms with E-state index < -0.39 is 0 Å². The van der Waals surface area contributed by atoms with E-state index >= 15 is 0 Å². The summed E-state index contributed by atoms with van der Waals surface area (Å²) in [6, 6.07) is 17.4. The molecule has 0 saturated heterocycles. The third-order valence-corrected chi connectivity index (χ3v) is 3.86. The average molecular weight is 294 g/mol. The molecule has 0 aliphatic rings. The molecule has 1 aromatic heterocycles. The van der Waals surface area contributed by atoms with E-state index in [1.54, 1.807) is 0 Å². The number of nitrogens with zero attached hydrogens (tertiary/aromatic N) is 2. The number of nitrogen functional groups attached to an aromatic ring is 1. The van der Waals surface area contributed by atoms with Gasteiger partial charge in [-0.1, -0.05) is 49.4 Å². The van der Waals surface area contributed by atoms with Gasteiger partial charge in [-0.2, -0.15) is 0 Å². The number of hydrogen-bond donors (Lipinski definition) is 1. The van der Waals surface area contributed by atoms with Crippen LogP contribution in [-0.2, 0) is 13.1 Å². The second kappa shape index (κ2) is 6.02. The van der Waals surface area contributed by atoms with Gasteiger partial charge >= 0.3 is 5.95 Å². The zero-order chi connectivity index (χ0) is 15.5. The van der Waals surface area contributed by atoms with Crippen molar-refractivity contribution in [3.63, 3.8) is 0 Å². The third kappa shape index (κ3) is 2.48. The number of nitrogens with two attached hydrogens (primary N) is 1. The highest BCUT2D eigenvalue weighted by Crippen LogP contribution is 2.16. The molecule has 2 aromatic carbocycles. The van der Waals surface area contributed by atoms with Crippen molar-refractivity contribution in [2.75, 3.05) is 5.73 Å². The Kier molecular flexibility index (Phi) is 3.92. The number of aromatic nitrogens is 2. The molecule has 0 bridgehead atoms. The van der Waals surface area contributed by atoms with E-state index in [-0.39, 0.29) is 12.3 Å². The van der Waals surface area contributed by atoms with Crippen LogP contribution in [0.1, 0.15) is 23.7 Å². The van der Waals surface area contributed by atoms with Crippen LogP contribution < -0.4 is 10.3 Å². The van der Waals surface area contributed by atoms with Crippen LogP contribution >= 0.6 is 0 Å². The van der Waals surface area contributed by atoms with Gasteiger partial charge in [-0.3, -0.25) is 10.5 Å². The Balaban J connectivity index is 2.04. The number of anilines is 1. The van der Waals surface area contributed by atoms with Crippen molar-refractivity contribution < 1.29 is 9.36 Å². The molecule has 4 nitrogen and oxygen atoms in total. The van der Waals surface area contributed by atoms with Gasteiger partial charge in [0.25, 0.3) is 0 Å². The molecular formula is C18H20N3O+. The van der Waals surface area contributed by atoms with E-state index in [0.29, 0.717) is 11.5 Å². The van der Waals surface area contributed by atoms with Gasteiger partial charge in [0.1, 0.15) is 17.6 Å². The molecule has 0 aliphatic carbocycles. The van der Waals surface area contributed by atoms with E-state index in [9.17, 15) is 4.79 Å². The molecule has 3 rings (SSSR count). The summed E-state index contributed by atoms with van der Waals surface area (Å²) in [5.74, 6) is 0.698. The van der Waals surface area contributed by atoms with Gasteiger partial charge in [-0.25, -0.2) is 9.13 Å². The minimum atomic E-state index is 0.0664. The fraction of sp³-hybridized carbons (Fsp3) is 0.222. The van der Waals surface area contributed by atoms with Crippen LogP contribution in [-0.4, -0.2) is 10.4 Å². The van der Waals surface area contributed by atoms with Gasteiger partial charge in [0.2, 0.25) is 0 Å². The number of ketones is 1. The van der Waals surface area contributed by atoms with E-state index in [1.807, 2.05) is 59.2 Å². The summed E-state index contributed by atoms with van der Waals surface area (Å²) in [6.45, 7) is 3.22. The molecule has 0 atom stereocenters. The Labute approximate surface area is 129 Å². The molecular weight excluding hydrogens is 274 g/mol. The van der Waals surface area contributed by atoms with E-state index in [2.05, 4.69) is 11.5 Å². The van der Waals surface area contributed by atoms with Crippen molar-refractivity contribution in [1.29, 1.82) is 0 Å². The molecule has 0 amide bonds. The van der Waals surface area contributed by atoms with Gasteiger partial charge < -0.3 is 0 Å². The maximum absolute atomic E-state index is 12.5. The Morgan fingerprint density at radius 2 is 1.77 bits per heavy atom. The van der Waals surface area contributed by atoms with Crippen molar-refractivity contribution in [2.45, 2.75) is 26.4 Å². The number of para-hydroxylation sites is 2. The molecule has 3 aromatic rings. The second-order valence-corrected chi connectivity index (χ2v) is 5.37. The standard InChI is InChI=1S/C18H19N3O/c1-2-12-20-15-10-6-7-11-16(15)21(18(20)19)13-17(22)14-8-4-3-5-9-14/h3-11,19H,2,12-13H2,1H3/p+1. The van der Waals surface area contributed by atoms with E-state index in [0.717, 1.165) is 24.0 Å². The number of benzene rings is 2. The molecule has 2 N–H and O–H groups in total. The predicted molar refractivity (Wildman–Crippen MR) is 87.6 cm³/mol. The number of imidazole rings is 1. The summed E-state index contributed by atoms with van der Waals surface area (Å²) >= 11 is 0. The molecule has 0 aliphatic heterocycles. The van der Waals surface area contributed by atoms with Crippen LogP contribution in [0.5, 0.6) is 0 Å². The summed E-state index contributed by atoms with van der Waals surface area (Å²) in [4.78, 5) is 12.5. The zero-order valence-electron chi connectivity index (χ0n) is 12.7. The van der Waals surface area contributed by atoms with Crippen LogP contribution in [0, 0.1) is 0 Å². The van der Waals surface area contributed by atoms with Gasteiger partial charge in [-0.15, -0.1) is 0 Å². The third-order valence-electron chi connectivity index (χ3n) is 3.86. The van der Waals surface area contributed by atoms with Crippen molar-refractivity contribution in [3.8, 4) is 0 Å². The molecule has 0 unspecified atom stereocenters. The molecule has 0 radical (unpaired) electrons. The van der Waals surface area contributed by atoms with Gasteiger partial charge in [0.15, 0.2) is 5.78 Å². The lowest BCUT2D eigenvalue weighted by molar-refractivity contribution is -0.642. The number of hydrogen-bond acceptors (Lipinski definition) is 2. The maximum atomic E-state index is 12.5. The fourth-order valence-corrected chi connectivity index (χ4v) is 2.80. The number of Topliss-reactive ketones (excluding diaryl/α,β-unsaturated/α-hetero) is 1. The Morgan fingerprint density at radius 1 is 1.09 bits per heavy atom. The Morgan fingerprint density at radius 3 is 2.50 bits per heavy atom. The quantitative estimate of drug-likeness (QED) is 0.581. The molecule has 4 heteroatoms. The average Bonchev–Trinajstić information content (AvgIpc) is 2.82. The second-order valence-electron chi connectivity index (χ2n) is 5.37. The highest BCUT2D eigenvalue weighted by atomic mass is 16.1. The first-order chi connectivity index (χ1) is 10.7. The molecule has 112 valence electrons. The summed E-state index contributed by atoms with van der Waals surface area (Å²) < 4.78 is 3.98. The highest BCUT2D eigenvalue weighted by Gasteiger charge is 2.22. The Bertz CT molecular complexity index is 806. The highest BCUT2D eigenvalue weighted by molar-refractivity contribution is 5.95. The number of carbonyl (C=O) groups is 1. The van der Waals surface area contributed by atoms with Crippen molar-refractivity contribution in [2.24, 2.45) is 0 Å². The summed E-state index contributed by atoms with van der Waals surface area (Å²) in [5, 5.41) is 0. The van der Waals surface area contributed by atoms with E-state index in [1.165, 1.54) is 0 Å². The summed E-state index contributed by atoms with van der Waals surface area (Å²) in [5.41, 5.74) is 9.08. The van der Waals surface area contributed by atoms with Gasteiger partial charge in [-0.05, 0) is 18.6 Å². The predicted octanol–water partition coefficient (Wildman–Crippen LogP) is 2.80. The smallest absolute Gasteiger partial charge is 0.291 e. The first-order valence-electron chi connectivity index (χ1n) is 7.57. The first kappa shape index (κ1) is 14.3. The molecule has 0 saturated carbocycles. The number of aryl methyl sites for hydroxylation is 1. The molecule has 0 spiro atoms. The van der Waals surface area contributed by atoms with Crippen molar-refractivity contribution in [3.05, 3.63) is 60.2 Å². The maximum Gasteiger partial charge on any atom is 0.356 e. The summed E-state index contributed by atoms with van der Waals surface area (Å²) in [6.07, 6.45) is 0.996. The van der Waals surface area contributed by atoms with Crippen LogP contribution in [0.4, 0.5) is 5.95 Å². The van der Waals surface area contributed by atoms with Crippen molar-refractivity contribution >= 4 is 22.8 Å². The summed E-state index contributed by atoms with van der Waals surface area (Å²) in [7, 11) is 0. The SMILES string of the molecule is CCCn1c(N)[n+](CC(=O)c2ccccc2)c2ccccc21. The normalized spacial score (nSPS) is 11.0. The number of carbonyl (C=O) groups excluding carboxylic acids is 1. The molecule has 1 heterocycles. The largest absolute Gasteiger partial charge is 0.356 e. The lowest BCUT2D eigenvalue weighted by Gasteiger charge is -2.02. The van der Waals surface area contributed by atoms with Crippen LogP contribution in [0.15, 0.2) is 54.6 Å². The first-order valence-corrected chi connectivity index (χ1v) is 7.57. The lowest BCUT2D eigenvalue weighted by Crippen LogP contribution is -2.40. The number of rotatable bonds is 5. The van der Waals surface area contributed by atoms with Crippen LogP contribution in [0.25, 0.3) is 11.0 Å². The zero-order valence-corrected chi connectivity index (χ0v) is 12.7. The van der Waals surface area contributed by atoms with Crippen LogP contribution in [0.2, 0.25) is 0 Å². The minimum Gasteiger partial charge on any atom is -0.291 e. The van der Waals surface area contributed by atoms with Gasteiger partial charge in [0.05, 0.1) is 6.54 Å².